The number of amides is 1. The maximum atomic E-state index is 11.3. The van der Waals surface area contributed by atoms with Crippen molar-refractivity contribution in [2.45, 2.75) is 18.2 Å². The zero-order chi connectivity index (χ0) is 12.1. The fourth-order valence-corrected chi connectivity index (χ4v) is 2.63. The summed E-state index contributed by atoms with van der Waals surface area (Å²) in [4.78, 5) is 13.3. The topological polar surface area (TPSA) is 29.5 Å². The van der Waals surface area contributed by atoms with E-state index >= 15 is 0 Å². The van der Waals surface area contributed by atoms with E-state index in [9.17, 15) is 4.79 Å². The van der Waals surface area contributed by atoms with Crippen LogP contribution in [-0.2, 0) is 4.79 Å². The van der Waals surface area contributed by atoms with E-state index in [1.807, 2.05) is 41.5 Å². The normalized spacial score (nSPS) is 19.0. The minimum absolute atomic E-state index is 0.268. The molecule has 1 fully saturated rings. The maximum Gasteiger partial charge on any atom is 0.226 e. The van der Waals surface area contributed by atoms with Crippen molar-refractivity contribution in [2.75, 3.05) is 19.4 Å². The Kier molecular flexibility index (Phi) is 4.31. The lowest BCUT2D eigenvalue weighted by Crippen LogP contribution is -2.51. The van der Waals surface area contributed by atoms with Crippen LogP contribution in [0.5, 0.6) is 5.75 Å². The first kappa shape index (κ1) is 12.3. The lowest BCUT2D eigenvalue weighted by atomic mass is 10.2. The highest BCUT2D eigenvalue weighted by Gasteiger charge is 2.34. The lowest BCUT2D eigenvalue weighted by molar-refractivity contribution is -0.141. The third-order valence-electron chi connectivity index (χ3n) is 2.84. The Bertz CT molecular complexity index is 369. The lowest BCUT2D eigenvalue weighted by Gasteiger charge is -2.39. The van der Waals surface area contributed by atoms with Crippen molar-refractivity contribution in [1.82, 2.24) is 4.90 Å². The molecule has 1 aromatic rings. The molecule has 92 valence electrons. The van der Waals surface area contributed by atoms with Gasteiger partial charge in [0.1, 0.15) is 5.75 Å². The van der Waals surface area contributed by atoms with Gasteiger partial charge >= 0.3 is 0 Å². The molecule has 0 bridgehead atoms. The van der Waals surface area contributed by atoms with Crippen molar-refractivity contribution < 1.29 is 9.53 Å². The van der Waals surface area contributed by atoms with Crippen molar-refractivity contribution in [3.05, 3.63) is 30.3 Å². The Morgan fingerprint density at radius 3 is 2.82 bits per heavy atom. The second-order valence-electron chi connectivity index (χ2n) is 4.00. The Balaban J connectivity index is 1.65. The van der Waals surface area contributed by atoms with Gasteiger partial charge in [-0.3, -0.25) is 4.79 Å². The molecule has 1 amide bonds. The molecule has 0 spiro atoms. The second kappa shape index (κ2) is 5.96. The quantitative estimate of drug-likeness (QED) is 0.574. The van der Waals surface area contributed by atoms with E-state index in [-0.39, 0.29) is 5.91 Å². The van der Waals surface area contributed by atoms with Gasteiger partial charge in [0, 0.05) is 6.54 Å². The van der Waals surface area contributed by atoms with E-state index < -0.39 is 0 Å². The van der Waals surface area contributed by atoms with Gasteiger partial charge in [0.15, 0.2) is 0 Å². The molecule has 1 heterocycles. The van der Waals surface area contributed by atoms with Crippen molar-refractivity contribution in [1.29, 1.82) is 0 Å². The first-order valence-corrected chi connectivity index (χ1v) is 7.10. The summed E-state index contributed by atoms with van der Waals surface area (Å²) in [5.74, 6) is 1.16. The smallest absolute Gasteiger partial charge is 0.226 e. The number of hydrogen-bond acceptors (Lipinski definition) is 3. The molecule has 2 rings (SSSR count). The van der Waals surface area contributed by atoms with E-state index in [0.717, 1.165) is 18.7 Å². The number of β-lactam (4-membered cyclic amide) rings is 1. The third-order valence-corrected chi connectivity index (χ3v) is 3.81. The summed E-state index contributed by atoms with van der Waals surface area (Å²) in [5, 5.41) is 0.388. The second-order valence-corrected chi connectivity index (χ2v) is 5.01. The van der Waals surface area contributed by atoms with Gasteiger partial charge in [0.2, 0.25) is 5.91 Å². The van der Waals surface area contributed by atoms with Crippen LogP contribution in [0.4, 0.5) is 0 Å². The van der Waals surface area contributed by atoms with Gasteiger partial charge in [-0.05, 0) is 24.8 Å². The molecule has 0 aliphatic carbocycles. The molecule has 0 aromatic heterocycles. The van der Waals surface area contributed by atoms with Gasteiger partial charge in [-0.1, -0.05) is 18.2 Å². The molecular formula is C13H17NO2S. The maximum absolute atomic E-state index is 11.3. The average molecular weight is 251 g/mol. The third kappa shape index (κ3) is 3.16. The van der Waals surface area contributed by atoms with Crippen LogP contribution < -0.4 is 4.74 Å². The van der Waals surface area contributed by atoms with Crippen LogP contribution in [0, 0.1) is 0 Å². The van der Waals surface area contributed by atoms with Crippen LogP contribution in [-0.4, -0.2) is 35.6 Å². The van der Waals surface area contributed by atoms with E-state index in [0.29, 0.717) is 18.4 Å². The minimum Gasteiger partial charge on any atom is -0.494 e. The SMILES string of the molecule is CSC1CC(=O)N1CCCOc1ccccc1. The van der Waals surface area contributed by atoms with E-state index in [4.69, 9.17) is 4.74 Å². The van der Waals surface area contributed by atoms with Gasteiger partial charge in [-0.2, -0.15) is 0 Å². The Hall–Kier alpha value is -1.16. The first-order chi connectivity index (χ1) is 8.31. The van der Waals surface area contributed by atoms with Gasteiger partial charge in [-0.15, -0.1) is 11.8 Å². The van der Waals surface area contributed by atoms with Crippen LogP contribution in [0.3, 0.4) is 0 Å². The number of ether oxygens (including phenoxy) is 1. The van der Waals surface area contributed by atoms with Gasteiger partial charge in [0.25, 0.3) is 0 Å². The molecule has 17 heavy (non-hydrogen) atoms. The molecule has 4 heteroatoms. The van der Waals surface area contributed by atoms with Gasteiger partial charge in [0.05, 0.1) is 18.4 Å². The predicted octanol–water partition coefficient (Wildman–Crippen LogP) is 2.38. The van der Waals surface area contributed by atoms with Crippen LogP contribution >= 0.6 is 11.8 Å². The molecule has 0 radical (unpaired) electrons. The predicted molar refractivity (Wildman–Crippen MR) is 70.2 cm³/mol. The number of nitrogens with zero attached hydrogens (tertiary/aromatic N) is 1. The molecule has 0 saturated carbocycles. The van der Waals surface area contributed by atoms with E-state index in [2.05, 4.69) is 0 Å². The standard InChI is InChI=1S/C13H17NO2S/c1-17-13-10-12(15)14(13)8-5-9-16-11-6-3-2-4-7-11/h2-4,6-7,13H,5,8-10H2,1H3. The van der Waals surface area contributed by atoms with Gasteiger partial charge < -0.3 is 9.64 Å². The largest absolute Gasteiger partial charge is 0.494 e. The highest BCUT2D eigenvalue weighted by Crippen LogP contribution is 2.27. The number of likely N-dealkylation sites (tertiary alicyclic amines) is 1. The summed E-state index contributed by atoms with van der Waals surface area (Å²) < 4.78 is 5.58. The van der Waals surface area contributed by atoms with Crippen LogP contribution in [0.2, 0.25) is 0 Å². The Labute approximate surface area is 106 Å². The summed E-state index contributed by atoms with van der Waals surface area (Å²) >= 11 is 1.74. The summed E-state index contributed by atoms with van der Waals surface area (Å²) in [5.41, 5.74) is 0. The van der Waals surface area contributed by atoms with Crippen LogP contribution in [0.1, 0.15) is 12.8 Å². The fraction of sp³-hybridized carbons (Fsp3) is 0.462. The zero-order valence-electron chi connectivity index (χ0n) is 9.96. The van der Waals surface area contributed by atoms with E-state index in [1.54, 1.807) is 11.8 Å². The number of carbonyl (C=O) groups is 1. The Morgan fingerprint density at radius 2 is 2.18 bits per heavy atom. The van der Waals surface area contributed by atoms with Crippen LogP contribution in [0.15, 0.2) is 30.3 Å². The van der Waals surface area contributed by atoms with Crippen molar-refractivity contribution in [3.63, 3.8) is 0 Å². The molecule has 1 aliphatic rings. The summed E-state index contributed by atoms with van der Waals surface area (Å²) in [6.45, 7) is 1.46. The monoisotopic (exact) mass is 251 g/mol. The molecule has 0 N–H and O–H groups in total. The molecular weight excluding hydrogens is 234 g/mol. The molecule has 1 unspecified atom stereocenters. The molecule has 1 atom stereocenters. The summed E-state index contributed by atoms with van der Waals surface area (Å²) in [6, 6.07) is 9.77. The first-order valence-electron chi connectivity index (χ1n) is 5.81. The fourth-order valence-electron chi connectivity index (χ4n) is 1.85. The van der Waals surface area contributed by atoms with Crippen LogP contribution in [0.25, 0.3) is 0 Å². The minimum atomic E-state index is 0.268. The number of benzene rings is 1. The number of rotatable bonds is 6. The number of carbonyl (C=O) groups excluding carboxylic acids is 1. The number of hydrogen-bond donors (Lipinski definition) is 0. The highest BCUT2D eigenvalue weighted by molar-refractivity contribution is 7.99. The van der Waals surface area contributed by atoms with Crippen molar-refractivity contribution in [2.24, 2.45) is 0 Å². The Morgan fingerprint density at radius 1 is 1.41 bits per heavy atom. The molecule has 3 nitrogen and oxygen atoms in total. The van der Waals surface area contributed by atoms with Crippen molar-refractivity contribution in [3.8, 4) is 5.75 Å². The van der Waals surface area contributed by atoms with Gasteiger partial charge in [-0.25, -0.2) is 0 Å². The number of thioether (sulfide) groups is 1. The highest BCUT2D eigenvalue weighted by atomic mass is 32.2. The summed E-state index contributed by atoms with van der Waals surface area (Å²) in [6.07, 6.45) is 3.63. The van der Waals surface area contributed by atoms with E-state index in [1.165, 1.54) is 0 Å². The van der Waals surface area contributed by atoms with Crippen molar-refractivity contribution >= 4 is 17.7 Å². The molecule has 1 aliphatic heterocycles. The number of para-hydroxylation sites is 1. The molecule has 1 aromatic carbocycles. The average Bonchev–Trinajstić information content (AvgIpc) is 2.36. The zero-order valence-corrected chi connectivity index (χ0v) is 10.8. The summed E-state index contributed by atoms with van der Waals surface area (Å²) in [7, 11) is 0. The molecule has 1 saturated heterocycles.